The van der Waals surface area contributed by atoms with Crippen LogP contribution >= 0.6 is 11.3 Å². The molecule has 21 heavy (non-hydrogen) atoms. The molecule has 0 aromatic carbocycles. The standard InChI is InChI=1S/C12H15NO6S2/c14-11(15)10-9(1-8-20-10)21(16,17)13-4-2-12(3-5-13)18-6-7-19-12/h1,8H,2-7H2,(H,14,15). The molecule has 3 heterocycles. The van der Waals surface area contributed by atoms with Gasteiger partial charge in [0.2, 0.25) is 10.0 Å². The van der Waals surface area contributed by atoms with Gasteiger partial charge in [-0.3, -0.25) is 0 Å². The monoisotopic (exact) mass is 333 g/mol. The number of ether oxygens (including phenoxy) is 2. The molecule has 2 fully saturated rings. The fourth-order valence-electron chi connectivity index (χ4n) is 2.65. The second kappa shape index (κ2) is 5.33. The zero-order valence-corrected chi connectivity index (χ0v) is 12.8. The summed E-state index contributed by atoms with van der Waals surface area (Å²) >= 11 is 0.913. The second-order valence-electron chi connectivity index (χ2n) is 4.93. The van der Waals surface area contributed by atoms with Gasteiger partial charge in [-0.25, -0.2) is 13.2 Å². The third kappa shape index (κ3) is 2.59. The van der Waals surface area contributed by atoms with Gasteiger partial charge >= 0.3 is 5.97 Å². The number of thiophene rings is 1. The lowest BCUT2D eigenvalue weighted by atomic mass is 10.1. The molecule has 0 radical (unpaired) electrons. The lowest BCUT2D eigenvalue weighted by Crippen LogP contribution is -2.47. The van der Waals surface area contributed by atoms with Crippen molar-refractivity contribution in [2.75, 3.05) is 26.3 Å². The first kappa shape index (κ1) is 14.9. The van der Waals surface area contributed by atoms with Crippen LogP contribution in [0.15, 0.2) is 16.3 Å². The van der Waals surface area contributed by atoms with E-state index in [4.69, 9.17) is 14.6 Å². The summed E-state index contributed by atoms with van der Waals surface area (Å²) in [5.41, 5.74) is 0. The number of carboxylic acid groups (broad SMARTS) is 1. The minimum absolute atomic E-state index is 0.135. The molecular formula is C12H15NO6S2. The molecule has 0 amide bonds. The molecule has 2 aliphatic rings. The van der Waals surface area contributed by atoms with Gasteiger partial charge in [0.05, 0.1) is 13.2 Å². The van der Waals surface area contributed by atoms with E-state index in [0.717, 1.165) is 11.3 Å². The van der Waals surface area contributed by atoms with Gasteiger partial charge in [-0.15, -0.1) is 11.3 Å². The van der Waals surface area contributed by atoms with Crippen LogP contribution in [0.5, 0.6) is 0 Å². The van der Waals surface area contributed by atoms with Crippen LogP contribution in [0.25, 0.3) is 0 Å². The molecule has 0 bridgehead atoms. The molecular weight excluding hydrogens is 318 g/mol. The summed E-state index contributed by atoms with van der Waals surface area (Å²) in [7, 11) is -3.79. The first-order valence-corrected chi connectivity index (χ1v) is 8.85. The number of carboxylic acids is 1. The number of sulfonamides is 1. The molecule has 1 spiro atoms. The first-order valence-electron chi connectivity index (χ1n) is 6.53. The lowest BCUT2D eigenvalue weighted by molar-refractivity contribution is -0.179. The molecule has 0 aliphatic carbocycles. The summed E-state index contributed by atoms with van der Waals surface area (Å²) in [6.07, 6.45) is 0.914. The van der Waals surface area contributed by atoms with E-state index in [9.17, 15) is 13.2 Å². The number of nitrogens with zero attached hydrogens (tertiary/aromatic N) is 1. The SMILES string of the molecule is O=C(O)c1sccc1S(=O)(=O)N1CCC2(CC1)OCCO2. The van der Waals surface area contributed by atoms with Crippen molar-refractivity contribution in [1.29, 1.82) is 0 Å². The predicted molar refractivity (Wildman–Crippen MR) is 73.9 cm³/mol. The van der Waals surface area contributed by atoms with Gasteiger partial charge in [-0.2, -0.15) is 4.31 Å². The normalized spacial score (nSPS) is 22.7. The third-order valence-electron chi connectivity index (χ3n) is 3.74. The molecule has 2 aliphatic heterocycles. The lowest BCUT2D eigenvalue weighted by Gasteiger charge is -2.36. The summed E-state index contributed by atoms with van der Waals surface area (Å²) in [6.45, 7) is 1.58. The van der Waals surface area contributed by atoms with Crippen molar-refractivity contribution in [3.63, 3.8) is 0 Å². The molecule has 1 aromatic rings. The van der Waals surface area contributed by atoms with Gasteiger partial charge in [0, 0.05) is 25.9 Å². The van der Waals surface area contributed by atoms with Crippen LogP contribution in [0.1, 0.15) is 22.5 Å². The molecule has 9 heteroatoms. The summed E-state index contributed by atoms with van der Waals surface area (Å²) in [5.74, 6) is -1.88. The number of piperidine rings is 1. The van der Waals surface area contributed by atoms with Crippen LogP contribution in [-0.2, 0) is 19.5 Å². The van der Waals surface area contributed by atoms with Crippen molar-refractivity contribution in [2.24, 2.45) is 0 Å². The fraction of sp³-hybridized carbons (Fsp3) is 0.583. The van der Waals surface area contributed by atoms with E-state index in [1.807, 2.05) is 0 Å². The van der Waals surface area contributed by atoms with E-state index in [0.29, 0.717) is 26.1 Å². The Morgan fingerprint density at radius 2 is 1.90 bits per heavy atom. The van der Waals surface area contributed by atoms with E-state index in [2.05, 4.69) is 0 Å². The van der Waals surface area contributed by atoms with Crippen LogP contribution in [0.2, 0.25) is 0 Å². The van der Waals surface area contributed by atoms with Crippen LogP contribution in [0.3, 0.4) is 0 Å². The fourth-order valence-corrected chi connectivity index (χ4v) is 5.32. The van der Waals surface area contributed by atoms with Crippen molar-refractivity contribution in [2.45, 2.75) is 23.5 Å². The Hall–Kier alpha value is -1.00. The van der Waals surface area contributed by atoms with Crippen LogP contribution in [0.4, 0.5) is 0 Å². The molecule has 3 rings (SSSR count). The smallest absolute Gasteiger partial charge is 0.347 e. The molecule has 1 aromatic heterocycles. The minimum atomic E-state index is -3.79. The number of carbonyl (C=O) groups is 1. The largest absolute Gasteiger partial charge is 0.477 e. The van der Waals surface area contributed by atoms with Crippen LogP contribution in [-0.4, -0.2) is 55.9 Å². The maximum Gasteiger partial charge on any atom is 0.347 e. The van der Waals surface area contributed by atoms with Crippen molar-refractivity contribution in [1.82, 2.24) is 4.31 Å². The van der Waals surface area contributed by atoms with Crippen molar-refractivity contribution in [3.8, 4) is 0 Å². The number of aromatic carboxylic acids is 1. The average Bonchev–Trinajstić information content (AvgIpc) is 3.09. The molecule has 7 nitrogen and oxygen atoms in total. The first-order chi connectivity index (χ1) is 9.95. The molecule has 1 N–H and O–H groups in total. The van der Waals surface area contributed by atoms with Crippen molar-refractivity contribution in [3.05, 3.63) is 16.3 Å². The maximum atomic E-state index is 12.6. The van der Waals surface area contributed by atoms with Gasteiger partial charge in [0.25, 0.3) is 0 Å². The second-order valence-corrected chi connectivity index (χ2v) is 7.75. The minimum Gasteiger partial charge on any atom is -0.477 e. The van der Waals surface area contributed by atoms with Crippen LogP contribution < -0.4 is 0 Å². The molecule has 2 saturated heterocycles. The summed E-state index contributed by atoms with van der Waals surface area (Å²) < 4.78 is 37.6. The zero-order valence-electron chi connectivity index (χ0n) is 11.1. The Balaban J connectivity index is 1.80. The third-order valence-corrected chi connectivity index (χ3v) is 6.71. The van der Waals surface area contributed by atoms with E-state index in [-0.39, 0.29) is 22.9 Å². The molecule has 116 valence electrons. The quantitative estimate of drug-likeness (QED) is 0.886. The molecule has 0 atom stereocenters. The topological polar surface area (TPSA) is 93.1 Å². The number of hydrogen-bond donors (Lipinski definition) is 1. The molecule has 0 saturated carbocycles. The number of hydrogen-bond acceptors (Lipinski definition) is 6. The van der Waals surface area contributed by atoms with Gasteiger partial charge < -0.3 is 14.6 Å². The number of rotatable bonds is 3. The summed E-state index contributed by atoms with van der Waals surface area (Å²) in [5, 5.41) is 10.5. The van der Waals surface area contributed by atoms with Crippen LogP contribution in [0, 0.1) is 0 Å². The van der Waals surface area contributed by atoms with E-state index in [1.54, 1.807) is 0 Å². The van der Waals surface area contributed by atoms with Crippen molar-refractivity contribution < 1.29 is 27.8 Å². The Bertz CT molecular complexity index is 636. The Labute approximate surface area is 126 Å². The highest BCUT2D eigenvalue weighted by Gasteiger charge is 2.43. The highest BCUT2D eigenvalue weighted by atomic mass is 32.2. The predicted octanol–water partition coefficient (Wildman–Crippen LogP) is 0.974. The average molecular weight is 333 g/mol. The zero-order chi connectivity index (χ0) is 15.1. The van der Waals surface area contributed by atoms with E-state index < -0.39 is 21.8 Å². The Morgan fingerprint density at radius 1 is 1.29 bits per heavy atom. The molecule has 0 unspecified atom stereocenters. The Kier molecular flexibility index (Phi) is 3.78. The summed E-state index contributed by atoms with van der Waals surface area (Å²) in [6, 6.07) is 1.34. The van der Waals surface area contributed by atoms with Gasteiger partial charge in [0.15, 0.2) is 5.79 Å². The van der Waals surface area contributed by atoms with Gasteiger partial charge in [-0.1, -0.05) is 0 Å². The highest BCUT2D eigenvalue weighted by Crippen LogP contribution is 2.34. The summed E-state index contributed by atoms with van der Waals surface area (Å²) in [4.78, 5) is 10.8. The van der Waals surface area contributed by atoms with E-state index in [1.165, 1.54) is 15.8 Å². The van der Waals surface area contributed by atoms with Gasteiger partial charge in [0.1, 0.15) is 9.77 Å². The maximum absolute atomic E-state index is 12.6. The van der Waals surface area contributed by atoms with E-state index >= 15 is 0 Å². The highest BCUT2D eigenvalue weighted by molar-refractivity contribution is 7.89. The van der Waals surface area contributed by atoms with Crippen molar-refractivity contribution >= 4 is 27.3 Å². The van der Waals surface area contributed by atoms with Gasteiger partial charge in [-0.05, 0) is 11.4 Å². The Morgan fingerprint density at radius 3 is 2.48 bits per heavy atom.